The number of ether oxygens (including phenoxy) is 2. The second-order valence-corrected chi connectivity index (χ2v) is 4.81. The first-order chi connectivity index (χ1) is 10.1. The van der Waals surface area contributed by atoms with Crippen LogP contribution < -0.4 is 4.74 Å². The molecule has 0 aliphatic rings. The summed E-state index contributed by atoms with van der Waals surface area (Å²) in [6, 6.07) is 13.4. The van der Waals surface area contributed by atoms with Gasteiger partial charge in [-0.15, -0.1) is 0 Å². The molecule has 1 N–H and O–H groups in total. The maximum Gasteiger partial charge on any atom is 0.316 e. The molecule has 2 aromatic carbocycles. The van der Waals surface area contributed by atoms with Gasteiger partial charge in [0.15, 0.2) is 0 Å². The van der Waals surface area contributed by atoms with E-state index < -0.39 is 11.9 Å². The minimum Gasteiger partial charge on any atom is -0.508 e. The van der Waals surface area contributed by atoms with Gasteiger partial charge in [0.2, 0.25) is 0 Å². The highest BCUT2D eigenvalue weighted by molar-refractivity contribution is 6.31. The third-order valence-electron chi connectivity index (χ3n) is 3.00. The largest absolute Gasteiger partial charge is 0.508 e. The smallest absolute Gasteiger partial charge is 0.316 e. The molecule has 0 saturated heterocycles. The summed E-state index contributed by atoms with van der Waals surface area (Å²) in [6.07, 6.45) is 0. The Labute approximate surface area is 127 Å². The lowest BCUT2D eigenvalue weighted by atomic mass is 10.00. The van der Waals surface area contributed by atoms with Crippen molar-refractivity contribution >= 4 is 17.6 Å². The van der Waals surface area contributed by atoms with E-state index in [0.717, 1.165) is 0 Å². The number of phenols is 1. The fraction of sp³-hybridized carbons (Fsp3) is 0.188. The molecule has 1 atom stereocenters. The summed E-state index contributed by atoms with van der Waals surface area (Å²) in [5, 5.41) is 9.88. The molecule has 110 valence electrons. The van der Waals surface area contributed by atoms with Crippen LogP contribution in [-0.2, 0) is 9.53 Å². The van der Waals surface area contributed by atoms with Crippen LogP contribution >= 0.6 is 11.6 Å². The second kappa shape index (κ2) is 6.99. The van der Waals surface area contributed by atoms with E-state index in [0.29, 0.717) is 16.3 Å². The SMILES string of the molecule is COC(=O)C(COc1cccc(O)c1)c1ccccc1Cl. The Hall–Kier alpha value is -2.20. The first-order valence-corrected chi connectivity index (χ1v) is 6.73. The number of aromatic hydroxyl groups is 1. The molecule has 0 heterocycles. The molecule has 0 saturated carbocycles. The van der Waals surface area contributed by atoms with E-state index in [2.05, 4.69) is 0 Å². The number of esters is 1. The van der Waals surface area contributed by atoms with E-state index in [1.165, 1.54) is 13.2 Å². The third-order valence-corrected chi connectivity index (χ3v) is 3.34. The molecule has 2 aromatic rings. The highest BCUT2D eigenvalue weighted by atomic mass is 35.5. The van der Waals surface area contributed by atoms with Crippen LogP contribution in [-0.4, -0.2) is 24.8 Å². The maximum atomic E-state index is 11.9. The molecule has 5 heteroatoms. The normalized spacial score (nSPS) is 11.7. The molecule has 0 radical (unpaired) electrons. The first-order valence-electron chi connectivity index (χ1n) is 6.36. The van der Waals surface area contributed by atoms with Gasteiger partial charge in [-0.3, -0.25) is 4.79 Å². The van der Waals surface area contributed by atoms with E-state index >= 15 is 0 Å². The monoisotopic (exact) mass is 306 g/mol. The average Bonchev–Trinajstić information content (AvgIpc) is 2.49. The minimum atomic E-state index is -0.633. The average molecular weight is 307 g/mol. The van der Waals surface area contributed by atoms with Crippen LogP contribution in [0.25, 0.3) is 0 Å². The van der Waals surface area contributed by atoms with Gasteiger partial charge in [-0.25, -0.2) is 0 Å². The van der Waals surface area contributed by atoms with Crippen molar-refractivity contribution in [1.29, 1.82) is 0 Å². The Balaban J connectivity index is 2.18. The number of hydrogen-bond acceptors (Lipinski definition) is 4. The van der Waals surface area contributed by atoms with Crippen molar-refractivity contribution < 1.29 is 19.4 Å². The van der Waals surface area contributed by atoms with Gasteiger partial charge in [0.25, 0.3) is 0 Å². The first kappa shape index (κ1) is 15.2. The van der Waals surface area contributed by atoms with Crippen molar-refractivity contribution in [3.05, 3.63) is 59.1 Å². The van der Waals surface area contributed by atoms with E-state index in [9.17, 15) is 9.90 Å². The number of hydrogen-bond donors (Lipinski definition) is 1. The van der Waals surface area contributed by atoms with Crippen molar-refractivity contribution in [2.75, 3.05) is 13.7 Å². The summed E-state index contributed by atoms with van der Waals surface area (Å²) in [7, 11) is 1.32. The van der Waals surface area contributed by atoms with Crippen molar-refractivity contribution in [3.63, 3.8) is 0 Å². The van der Waals surface area contributed by atoms with Gasteiger partial charge in [-0.2, -0.15) is 0 Å². The molecule has 2 rings (SSSR count). The highest BCUT2D eigenvalue weighted by Crippen LogP contribution is 2.27. The fourth-order valence-corrected chi connectivity index (χ4v) is 2.21. The number of phenolic OH excluding ortho intramolecular Hbond substituents is 1. The van der Waals surface area contributed by atoms with Gasteiger partial charge < -0.3 is 14.6 Å². The van der Waals surface area contributed by atoms with Gasteiger partial charge in [0.1, 0.15) is 24.0 Å². The van der Waals surface area contributed by atoms with Crippen LogP contribution in [0.3, 0.4) is 0 Å². The summed E-state index contributed by atoms with van der Waals surface area (Å²) >= 11 is 6.12. The number of rotatable bonds is 5. The predicted molar refractivity (Wildman–Crippen MR) is 79.8 cm³/mol. The van der Waals surface area contributed by atoms with E-state index in [1.807, 2.05) is 0 Å². The summed E-state index contributed by atoms with van der Waals surface area (Å²) < 4.78 is 10.4. The molecule has 21 heavy (non-hydrogen) atoms. The molecule has 0 aliphatic carbocycles. The highest BCUT2D eigenvalue weighted by Gasteiger charge is 2.24. The molecule has 1 unspecified atom stereocenters. The van der Waals surface area contributed by atoms with Crippen LogP contribution in [0, 0.1) is 0 Å². The van der Waals surface area contributed by atoms with Crippen LogP contribution in [0.15, 0.2) is 48.5 Å². The summed E-state index contributed by atoms with van der Waals surface area (Å²) in [6.45, 7) is 0.0693. The maximum absolute atomic E-state index is 11.9. The molecular weight excluding hydrogens is 292 g/mol. The summed E-state index contributed by atoms with van der Waals surface area (Å²) in [5.41, 5.74) is 0.645. The van der Waals surface area contributed by atoms with Crippen molar-refractivity contribution in [2.24, 2.45) is 0 Å². The molecular formula is C16H15ClO4. The van der Waals surface area contributed by atoms with Gasteiger partial charge in [-0.05, 0) is 23.8 Å². The molecule has 0 amide bonds. The summed E-state index contributed by atoms with van der Waals surface area (Å²) in [4.78, 5) is 11.9. The van der Waals surface area contributed by atoms with Gasteiger partial charge in [-0.1, -0.05) is 35.9 Å². The number of carbonyl (C=O) groups excluding carboxylic acids is 1. The quantitative estimate of drug-likeness (QED) is 0.860. The molecule has 0 aromatic heterocycles. The lowest BCUT2D eigenvalue weighted by Gasteiger charge is -2.17. The van der Waals surface area contributed by atoms with E-state index in [4.69, 9.17) is 21.1 Å². The van der Waals surface area contributed by atoms with Crippen molar-refractivity contribution in [3.8, 4) is 11.5 Å². The standard InChI is InChI=1S/C16H15ClO4/c1-20-16(19)14(13-7-2-3-8-15(13)17)10-21-12-6-4-5-11(18)9-12/h2-9,14,18H,10H2,1H3. The Kier molecular flexibility index (Phi) is 5.06. The zero-order valence-corrected chi connectivity index (χ0v) is 12.2. The van der Waals surface area contributed by atoms with Crippen LogP contribution in [0.1, 0.15) is 11.5 Å². The van der Waals surface area contributed by atoms with Gasteiger partial charge in [0.05, 0.1) is 7.11 Å². The fourth-order valence-electron chi connectivity index (χ4n) is 1.94. The molecule has 4 nitrogen and oxygen atoms in total. The summed E-state index contributed by atoms with van der Waals surface area (Å²) in [5.74, 6) is -0.495. The third kappa shape index (κ3) is 3.89. The van der Waals surface area contributed by atoms with Crippen LogP contribution in [0.2, 0.25) is 5.02 Å². The van der Waals surface area contributed by atoms with Gasteiger partial charge >= 0.3 is 5.97 Å². The zero-order valence-electron chi connectivity index (χ0n) is 11.5. The molecule has 0 spiro atoms. The van der Waals surface area contributed by atoms with E-state index in [-0.39, 0.29) is 12.4 Å². The van der Waals surface area contributed by atoms with Crippen LogP contribution in [0.4, 0.5) is 0 Å². The minimum absolute atomic E-state index is 0.0693. The number of benzene rings is 2. The molecule has 0 bridgehead atoms. The Bertz CT molecular complexity index is 627. The Morgan fingerprint density at radius 3 is 2.67 bits per heavy atom. The zero-order chi connectivity index (χ0) is 15.2. The molecule has 0 fully saturated rings. The topological polar surface area (TPSA) is 55.8 Å². The number of carbonyl (C=O) groups is 1. The number of methoxy groups -OCH3 is 1. The number of halogens is 1. The van der Waals surface area contributed by atoms with Crippen molar-refractivity contribution in [2.45, 2.75) is 5.92 Å². The Morgan fingerprint density at radius 2 is 2.00 bits per heavy atom. The predicted octanol–water partition coefficient (Wildman–Crippen LogP) is 3.38. The second-order valence-electron chi connectivity index (χ2n) is 4.41. The lowest BCUT2D eigenvalue weighted by molar-refractivity contribution is -0.143. The van der Waals surface area contributed by atoms with E-state index in [1.54, 1.807) is 42.5 Å². The van der Waals surface area contributed by atoms with Crippen LogP contribution in [0.5, 0.6) is 11.5 Å². The van der Waals surface area contributed by atoms with Crippen molar-refractivity contribution in [1.82, 2.24) is 0 Å². The Morgan fingerprint density at radius 1 is 1.24 bits per heavy atom. The molecule has 0 aliphatic heterocycles. The lowest BCUT2D eigenvalue weighted by Crippen LogP contribution is -2.21. The van der Waals surface area contributed by atoms with Gasteiger partial charge in [0, 0.05) is 11.1 Å².